The van der Waals surface area contributed by atoms with Crippen molar-refractivity contribution in [1.29, 1.82) is 0 Å². The van der Waals surface area contributed by atoms with Crippen molar-refractivity contribution in [2.75, 3.05) is 5.32 Å². The molecule has 0 radical (unpaired) electrons. The third-order valence-electron chi connectivity index (χ3n) is 1.78. The summed E-state index contributed by atoms with van der Waals surface area (Å²) >= 11 is 10.7. The van der Waals surface area contributed by atoms with E-state index >= 15 is 0 Å². The van der Waals surface area contributed by atoms with Gasteiger partial charge in [-0.05, 0) is 6.92 Å². The summed E-state index contributed by atoms with van der Waals surface area (Å²) in [6.07, 6.45) is 1.48. The molecule has 3 N–H and O–H groups in total. The second-order valence-corrected chi connectivity index (χ2v) is 4.00. The molecule has 8 heteroatoms. The Morgan fingerprint density at radius 1 is 1.62 bits per heavy atom. The lowest BCUT2D eigenvalue weighted by atomic mass is 10.3. The van der Waals surface area contributed by atoms with Crippen LogP contribution in [0.1, 0.15) is 17.4 Å². The minimum absolute atomic E-state index is 0.0239. The van der Waals surface area contributed by atoms with Crippen molar-refractivity contribution < 1.29 is 9.59 Å². The van der Waals surface area contributed by atoms with Crippen molar-refractivity contribution in [1.82, 2.24) is 9.78 Å². The Morgan fingerprint density at radius 2 is 2.25 bits per heavy atom. The molecule has 0 spiro atoms. The zero-order valence-electron chi connectivity index (χ0n) is 8.41. The van der Waals surface area contributed by atoms with Crippen LogP contribution in [0.3, 0.4) is 0 Å². The Labute approximate surface area is 102 Å². The summed E-state index contributed by atoms with van der Waals surface area (Å²) in [5.41, 5.74) is 5.28. The average molecular weight is 265 g/mol. The molecule has 0 atom stereocenters. The van der Waals surface area contributed by atoms with Gasteiger partial charge in [0.2, 0.25) is 0 Å². The van der Waals surface area contributed by atoms with Crippen LogP contribution in [0.15, 0.2) is 6.20 Å². The molecular weight excluding hydrogens is 255 g/mol. The van der Waals surface area contributed by atoms with Crippen LogP contribution in [0, 0.1) is 0 Å². The smallest absolute Gasteiger partial charge is 0.271 e. The normalized spacial score (nSPS) is 10.5. The first-order chi connectivity index (χ1) is 7.45. The SMILES string of the molecule is CCn1cc(NC(=O)C(Cl)Cl)c(C(N)=O)n1. The topological polar surface area (TPSA) is 90.0 Å². The molecule has 0 saturated carbocycles. The number of nitrogens with two attached hydrogens (primary N) is 1. The van der Waals surface area contributed by atoms with Crippen molar-refractivity contribution >= 4 is 40.7 Å². The predicted molar refractivity (Wildman–Crippen MR) is 60.5 cm³/mol. The number of carbonyl (C=O) groups is 2. The third-order valence-corrected chi connectivity index (χ3v) is 2.17. The van der Waals surface area contributed by atoms with E-state index in [9.17, 15) is 9.59 Å². The number of primary amides is 1. The predicted octanol–water partition coefficient (Wildman–Crippen LogP) is 0.744. The van der Waals surface area contributed by atoms with Crippen LogP contribution >= 0.6 is 23.2 Å². The number of amides is 2. The van der Waals surface area contributed by atoms with Crippen molar-refractivity contribution in [2.24, 2.45) is 5.73 Å². The van der Waals surface area contributed by atoms with Gasteiger partial charge in [0.25, 0.3) is 11.8 Å². The standard InChI is InChI=1S/C8H10Cl2N4O2/c1-2-14-3-4(5(13-14)7(11)15)12-8(16)6(9)10/h3,6H,2H2,1H3,(H2,11,15)(H,12,16). The van der Waals surface area contributed by atoms with Crippen molar-refractivity contribution in [3.8, 4) is 0 Å². The number of alkyl halides is 2. The van der Waals surface area contributed by atoms with Crippen molar-refractivity contribution in [3.63, 3.8) is 0 Å². The maximum absolute atomic E-state index is 11.2. The molecule has 0 fully saturated rings. The minimum Gasteiger partial charge on any atom is -0.364 e. The number of anilines is 1. The van der Waals surface area contributed by atoms with Crippen LogP contribution in [-0.4, -0.2) is 26.4 Å². The van der Waals surface area contributed by atoms with Crippen LogP contribution in [0.5, 0.6) is 0 Å². The monoisotopic (exact) mass is 264 g/mol. The number of carbonyl (C=O) groups excluding carboxylic acids is 2. The zero-order chi connectivity index (χ0) is 12.3. The second kappa shape index (κ2) is 5.18. The van der Waals surface area contributed by atoms with E-state index in [1.807, 2.05) is 6.92 Å². The van der Waals surface area contributed by atoms with Gasteiger partial charge >= 0.3 is 0 Å². The Balaban J connectivity index is 2.98. The summed E-state index contributed by atoms with van der Waals surface area (Å²) < 4.78 is 1.47. The lowest BCUT2D eigenvalue weighted by Gasteiger charge is -2.03. The van der Waals surface area contributed by atoms with Crippen molar-refractivity contribution in [2.45, 2.75) is 18.3 Å². The summed E-state index contributed by atoms with van der Waals surface area (Å²) in [6, 6.07) is 0. The first kappa shape index (κ1) is 12.8. The fourth-order valence-electron chi connectivity index (χ4n) is 1.04. The maximum atomic E-state index is 11.2. The Hall–Kier alpha value is -1.27. The van der Waals surface area contributed by atoms with E-state index in [0.29, 0.717) is 6.54 Å². The number of nitrogens with one attached hydrogen (secondary N) is 1. The summed E-state index contributed by atoms with van der Waals surface area (Å²) in [4.78, 5) is 21.0. The summed E-state index contributed by atoms with van der Waals surface area (Å²) in [7, 11) is 0. The second-order valence-electron chi connectivity index (χ2n) is 2.90. The highest BCUT2D eigenvalue weighted by atomic mass is 35.5. The van der Waals surface area contributed by atoms with E-state index < -0.39 is 16.7 Å². The first-order valence-corrected chi connectivity index (χ1v) is 5.29. The van der Waals surface area contributed by atoms with Gasteiger partial charge in [-0.3, -0.25) is 14.3 Å². The Bertz CT molecular complexity index is 416. The molecule has 88 valence electrons. The van der Waals surface area contributed by atoms with Gasteiger partial charge in [0.05, 0.1) is 5.69 Å². The number of hydrogen-bond donors (Lipinski definition) is 2. The van der Waals surface area contributed by atoms with Crippen LogP contribution < -0.4 is 11.1 Å². The molecule has 0 saturated heterocycles. The number of aromatic nitrogens is 2. The molecule has 16 heavy (non-hydrogen) atoms. The Kier molecular flexibility index (Phi) is 4.14. The average Bonchev–Trinajstić information content (AvgIpc) is 2.61. The van der Waals surface area contributed by atoms with Gasteiger partial charge in [-0.25, -0.2) is 0 Å². The highest BCUT2D eigenvalue weighted by molar-refractivity contribution is 6.54. The van der Waals surface area contributed by atoms with Crippen LogP contribution in [0.4, 0.5) is 5.69 Å². The molecule has 0 aliphatic carbocycles. The molecule has 1 heterocycles. The summed E-state index contributed by atoms with van der Waals surface area (Å²) in [6.45, 7) is 2.37. The fourth-order valence-corrected chi connectivity index (χ4v) is 1.15. The van der Waals surface area contributed by atoms with E-state index in [0.717, 1.165) is 0 Å². The van der Waals surface area contributed by atoms with E-state index in [-0.39, 0.29) is 11.4 Å². The highest BCUT2D eigenvalue weighted by Gasteiger charge is 2.18. The van der Waals surface area contributed by atoms with Crippen LogP contribution in [0.25, 0.3) is 0 Å². The van der Waals surface area contributed by atoms with E-state index in [1.54, 1.807) is 0 Å². The highest BCUT2D eigenvalue weighted by Crippen LogP contribution is 2.15. The number of nitrogens with zero attached hydrogens (tertiary/aromatic N) is 2. The van der Waals surface area contributed by atoms with E-state index in [4.69, 9.17) is 28.9 Å². The van der Waals surface area contributed by atoms with Crippen LogP contribution in [0.2, 0.25) is 0 Å². The van der Waals surface area contributed by atoms with E-state index in [2.05, 4.69) is 10.4 Å². The van der Waals surface area contributed by atoms with Crippen LogP contribution in [-0.2, 0) is 11.3 Å². The lowest BCUT2D eigenvalue weighted by molar-refractivity contribution is -0.114. The molecular formula is C8H10Cl2N4O2. The van der Waals surface area contributed by atoms with Crippen molar-refractivity contribution in [3.05, 3.63) is 11.9 Å². The fraction of sp³-hybridized carbons (Fsp3) is 0.375. The molecule has 1 aromatic heterocycles. The maximum Gasteiger partial charge on any atom is 0.271 e. The number of hydrogen-bond acceptors (Lipinski definition) is 3. The largest absolute Gasteiger partial charge is 0.364 e. The zero-order valence-corrected chi connectivity index (χ0v) is 9.92. The first-order valence-electron chi connectivity index (χ1n) is 4.42. The third kappa shape index (κ3) is 2.86. The molecule has 0 aromatic carbocycles. The van der Waals surface area contributed by atoms with Gasteiger partial charge in [0.1, 0.15) is 0 Å². The molecule has 0 aliphatic rings. The van der Waals surface area contributed by atoms with Gasteiger partial charge in [-0.1, -0.05) is 23.2 Å². The van der Waals surface area contributed by atoms with Gasteiger partial charge in [-0.15, -0.1) is 0 Å². The van der Waals surface area contributed by atoms with Gasteiger partial charge < -0.3 is 11.1 Å². The molecule has 6 nitrogen and oxygen atoms in total. The lowest BCUT2D eigenvalue weighted by Crippen LogP contribution is -2.21. The Morgan fingerprint density at radius 3 is 2.69 bits per heavy atom. The molecule has 2 amide bonds. The molecule has 1 rings (SSSR count). The van der Waals surface area contributed by atoms with E-state index in [1.165, 1.54) is 10.9 Å². The molecule has 0 bridgehead atoms. The molecule has 0 unspecified atom stereocenters. The number of aryl methyl sites for hydroxylation is 1. The minimum atomic E-state index is -1.22. The number of halogens is 2. The number of rotatable bonds is 4. The molecule has 0 aliphatic heterocycles. The van der Waals surface area contributed by atoms with Gasteiger partial charge in [0.15, 0.2) is 10.5 Å². The summed E-state index contributed by atoms with van der Waals surface area (Å²) in [5.74, 6) is -1.37. The quantitative estimate of drug-likeness (QED) is 0.787. The van der Waals surface area contributed by atoms with Gasteiger partial charge in [0, 0.05) is 12.7 Å². The van der Waals surface area contributed by atoms with Gasteiger partial charge in [-0.2, -0.15) is 5.10 Å². The summed E-state index contributed by atoms with van der Waals surface area (Å²) in [5, 5.41) is 6.24. The molecule has 1 aromatic rings.